The number of Topliss-reactive ketones (excluding diaryl/α,β-unsaturated/α-hetero) is 2. The molecule has 172 valence electrons. The summed E-state index contributed by atoms with van der Waals surface area (Å²) in [7, 11) is 0. The van der Waals surface area contributed by atoms with Crippen molar-refractivity contribution in [3.63, 3.8) is 0 Å². The van der Waals surface area contributed by atoms with Gasteiger partial charge in [-0.1, -0.05) is 24.3 Å². The largest absolute Gasteiger partial charge is 0.364 e. The average molecular weight is 479 g/mol. The van der Waals surface area contributed by atoms with Gasteiger partial charge in [-0.15, -0.1) is 0 Å². The molecule has 0 saturated carbocycles. The van der Waals surface area contributed by atoms with Crippen molar-refractivity contribution in [3.05, 3.63) is 117 Å². The van der Waals surface area contributed by atoms with Crippen molar-refractivity contribution in [1.82, 2.24) is 0 Å². The Morgan fingerprint density at radius 1 is 0.694 bits per heavy atom. The Balaban J connectivity index is 1.38. The number of benzene rings is 3. The summed E-state index contributed by atoms with van der Waals surface area (Å²) in [6.45, 7) is 0. The Kier molecular flexibility index (Phi) is 3.90. The minimum absolute atomic E-state index is 0.0269. The zero-order valence-corrected chi connectivity index (χ0v) is 18.2. The topological polar surface area (TPSA) is 94.3 Å². The molecule has 1 aliphatic heterocycles. The summed E-state index contributed by atoms with van der Waals surface area (Å²) in [6, 6.07) is 10.8. The first-order valence-corrected chi connectivity index (χ1v) is 11.1. The second-order valence-corrected chi connectivity index (χ2v) is 8.88. The van der Waals surface area contributed by atoms with E-state index in [-0.39, 0.29) is 39.5 Å². The average Bonchev–Trinajstić information content (AvgIpc) is 2.89. The van der Waals surface area contributed by atoms with Gasteiger partial charge in [-0.3, -0.25) is 19.2 Å². The van der Waals surface area contributed by atoms with Crippen LogP contribution in [0.15, 0.2) is 71.8 Å². The molecule has 36 heavy (non-hydrogen) atoms. The van der Waals surface area contributed by atoms with Crippen molar-refractivity contribution in [2.75, 3.05) is 5.32 Å². The SMILES string of the molecule is O=C1C2=C(C(=O)c3ccccc31)C1Nc3ccc4c(c3[NH+]=C1C=C2)C(=O)c1ccc(F)c(F)c1C4=O. The van der Waals surface area contributed by atoms with E-state index < -0.39 is 34.8 Å². The number of carbonyl (C=O) groups is 4. The number of hydrogen-bond donors (Lipinski definition) is 2. The molecular formula is C28H13F2N2O4+. The van der Waals surface area contributed by atoms with Crippen LogP contribution >= 0.6 is 0 Å². The molecule has 3 aromatic rings. The highest BCUT2D eigenvalue weighted by atomic mass is 19.2. The maximum atomic E-state index is 14.4. The van der Waals surface area contributed by atoms with Crippen LogP contribution in [0.4, 0.5) is 20.2 Å². The second-order valence-electron chi connectivity index (χ2n) is 8.88. The first kappa shape index (κ1) is 20.5. The van der Waals surface area contributed by atoms with Gasteiger partial charge in [-0.05, 0) is 30.3 Å². The number of carbonyl (C=O) groups excluding carboxylic acids is 4. The molecule has 1 atom stereocenters. The molecule has 1 heterocycles. The third kappa shape index (κ3) is 2.45. The van der Waals surface area contributed by atoms with Crippen molar-refractivity contribution >= 4 is 40.2 Å². The zero-order valence-electron chi connectivity index (χ0n) is 18.2. The number of halogens is 2. The van der Waals surface area contributed by atoms with Crippen LogP contribution < -0.4 is 10.3 Å². The fourth-order valence-electron chi connectivity index (χ4n) is 5.36. The Morgan fingerprint density at radius 2 is 1.36 bits per heavy atom. The molecule has 0 aromatic heterocycles. The molecule has 0 amide bonds. The summed E-state index contributed by atoms with van der Waals surface area (Å²) in [5.74, 6) is -4.51. The maximum Gasteiger partial charge on any atom is 0.239 e. The van der Waals surface area contributed by atoms with Gasteiger partial charge in [0.15, 0.2) is 29.0 Å². The van der Waals surface area contributed by atoms with Crippen molar-refractivity contribution in [2.24, 2.45) is 0 Å². The van der Waals surface area contributed by atoms with Crippen molar-refractivity contribution < 1.29 is 33.0 Å². The van der Waals surface area contributed by atoms with Gasteiger partial charge in [0, 0.05) is 39.5 Å². The van der Waals surface area contributed by atoms with Crippen LogP contribution in [0.2, 0.25) is 0 Å². The molecule has 8 heteroatoms. The summed E-state index contributed by atoms with van der Waals surface area (Å²) >= 11 is 0. The zero-order chi connectivity index (χ0) is 24.9. The lowest BCUT2D eigenvalue weighted by Gasteiger charge is -2.30. The van der Waals surface area contributed by atoms with Crippen LogP contribution in [0.1, 0.15) is 52.6 Å². The fourth-order valence-corrected chi connectivity index (χ4v) is 5.36. The Labute approximate surface area is 201 Å². The molecule has 0 radical (unpaired) electrons. The van der Waals surface area contributed by atoms with Crippen LogP contribution in [-0.4, -0.2) is 34.9 Å². The van der Waals surface area contributed by atoms with E-state index in [1.165, 1.54) is 12.1 Å². The normalized spacial score (nSPS) is 18.9. The molecule has 3 aromatic carbocycles. The van der Waals surface area contributed by atoms with E-state index in [1.54, 1.807) is 36.4 Å². The summed E-state index contributed by atoms with van der Waals surface area (Å²) in [5.41, 5.74) is 1.64. The molecule has 0 spiro atoms. The molecule has 3 aliphatic carbocycles. The van der Waals surface area contributed by atoms with E-state index in [1.807, 2.05) is 0 Å². The lowest BCUT2D eigenvalue weighted by atomic mass is 9.76. The van der Waals surface area contributed by atoms with Crippen molar-refractivity contribution in [3.8, 4) is 0 Å². The highest BCUT2D eigenvalue weighted by molar-refractivity contribution is 6.33. The number of rotatable bonds is 0. The summed E-state index contributed by atoms with van der Waals surface area (Å²) in [6.07, 6.45) is 3.21. The summed E-state index contributed by atoms with van der Waals surface area (Å²) in [4.78, 5) is 56.1. The number of allylic oxidation sites excluding steroid dienone is 2. The fraction of sp³-hybridized carbons (Fsp3) is 0.0357. The van der Waals surface area contributed by atoms with E-state index in [2.05, 4.69) is 10.3 Å². The van der Waals surface area contributed by atoms with Gasteiger partial charge in [0.25, 0.3) is 0 Å². The molecule has 0 fully saturated rings. The predicted octanol–water partition coefficient (Wildman–Crippen LogP) is 2.63. The van der Waals surface area contributed by atoms with Crippen LogP contribution in [0.25, 0.3) is 0 Å². The van der Waals surface area contributed by atoms with Gasteiger partial charge in [-0.25, -0.2) is 13.8 Å². The quantitative estimate of drug-likeness (QED) is 0.405. The predicted molar refractivity (Wildman–Crippen MR) is 124 cm³/mol. The molecule has 0 saturated heterocycles. The summed E-state index contributed by atoms with van der Waals surface area (Å²) in [5, 5.41) is 3.23. The van der Waals surface area contributed by atoms with Gasteiger partial charge in [0.1, 0.15) is 17.3 Å². The molecular weight excluding hydrogens is 466 g/mol. The minimum atomic E-state index is -1.36. The Hall–Kier alpha value is -4.85. The lowest BCUT2D eigenvalue weighted by Crippen LogP contribution is -2.74. The van der Waals surface area contributed by atoms with Crippen molar-refractivity contribution in [1.29, 1.82) is 0 Å². The number of ketones is 4. The highest BCUT2D eigenvalue weighted by Gasteiger charge is 2.45. The van der Waals surface area contributed by atoms with E-state index in [9.17, 15) is 28.0 Å². The second kappa shape index (κ2) is 6.85. The molecule has 0 bridgehead atoms. The smallest absolute Gasteiger partial charge is 0.239 e. The van der Waals surface area contributed by atoms with Crippen LogP contribution in [0.3, 0.4) is 0 Å². The van der Waals surface area contributed by atoms with Gasteiger partial charge in [0.2, 0.25) is 17.2 Å². The third-order valence-electron chi connectivity index (χ3n) is 7.04. The van der Waals surface area contributed by atoms with Gasteiger partial charge in [-0.2, -0.15) is 0 Å². The highest BCUT2D eigenvalue weighted by Crippen LogP contribution is 2.39. The number of fused-ring (bicyclic) bond motifs is 7. The van der Waals surface area contributed by atoms with E-state index >= 15 is 0 Å². The Morgan fingerprint density at radius 3 is 2.14 bits per heavy atom. The minimum Gasteiger partial charge on any atom is -0.364 e. The molecule has 4 aliphatic rings. The van der Waals surface area contributed by atoms with Gasteiger partial charge >= 0.3 is 0 Å². The molecule has 6 nitrogen and oxygen atoms in total. The molecule has 2 N–H and O–H groups in total. The van der Waals surface area contributed by atoms with Crippen LogP contribution in [0.5, 0.6) is 0 Å². The monoisotopic (exact) mass is 479 g/mol. The van der Waals surface area contributed by atoms with Crippen LogP contribution in [0, 0.1) is 11.6 Å². The first-order chi connectivity index (χ1) is 17.4. The third-order valence-corrected chi connectivity index (χ3v) is 7.04. The van der Waals surface area contributed by atoms with E-state index in [0.717, 1.165) is 12.1 Å². The first-order valence-electron chi connectivity index (χ1n) is 11.1. The van der Waals surface area contributed by atoms with E-state index in [0.29, 0.717) is 28.1 Å². The number of hydrogen-bond acceptors (Lipinski definition) is 5. The number of nitrogens with one attached hydrogen (secondary N) is 2. The van der Waals surface area contributed by atoms with Gasteiger partial charge in [0.05, 0.1) is 5.56 Å². The Bertz CT molecular complexity index is 1760. The van der Waals surface area contributed by atoms with Crippen molar-refractivity contribution in [2.45, 2.75) is 6.04 Å². The summed E-state index contributed by atoms with van der Waals surface area (Å²) < 4.78 is 28.2. The molecule has 7 rings (SSSR count). The number of anilines is 1. The van der Waals surface area contributed by atoms with E-state index in [4.69, 9.17) is 0 Å². The van der Waals surface area contributed by atoms with Gasteiger partial charge < -0.3 is 5.32 Å². The molecule has 1 unspecified atom stereocenters. The van der Waals surface area contributed by atoms with Crippen LogP contribution in [-0.2, 0) is 0 Å². The maximum absolute atomic E-state index is 14.4. The standard InChI is InChI=1S/C28H12F2N2O4/c29-16-8-5-13-19(22(16)30)27(35)15-7-10-18-24(21(15)28(13)36)32-17-9-6-14-20(23(17)31-18)26(34)12-4-2-1-3-11(12)25(14)33/h1-10,23,31H/p+1. The lowest BCUT2D eigenvalue weighted by molar-refractivity contribution is -0.355.